The lowest BCUT2D eigenvalue weighted by atomic mass is 10.2. The third-order valence-corrected chi connectivity index (χ3v) is 1.86. The second-order valence-electron chi connectivity index (χ2n) is 3.01. The van der Waals surface area contributed by atoms with Crippen LogP contribution >= 0.6 is 0 Å². The fraction of sp³-hybridized carbons (Fsp3) is 0.500. The van der Waals surface area contributed by atoms with Gasteiger partial charge in [-0.25, -0.2) is 4.79 Å². The summed E-state index contributed by atoms with van der Waals surface area (Å²) < 4.78 is 4.90. The van der Waals surface area contributed by atoms with Crippen molar-refractivity contribution in [3.8, 4) is 0 Å². The Balaban J connectivity index is 2.71. The van der Waals surface area contributed by atoms with E-state index in [4.69, 9.17) is 4.74 Å². The van der Waals surface area contributed by atoms with Crippen LogP contribution in [0.5, 0.6) is 0 Å². The summed E-state index contributed by atoms with van der Waals surface area (Å²) >= 11 is 0. The highest BCUT2D eigenvalue weighted by molar-refractivity contribution is 5.94. The zero-order valence-electron chi connectivity index (χ0n) is 7.76. The molecule has 0 amide bonds. The van der Waals surface area contributed by atoms with Crippen LogP contribution in [-0.4, -0.2) is 12.6 Å². The highest BCUT2D eigenvalue weighted by Gasteiger charge is 2.18. The Morgan fingerprint density at radius 2 is 2.25 bits per heavy atom. The van der Waals surface area contributed by atoms with Crippen molar-refractivity contribution in [2.24, 2.45) is 5.92 Å². The van der Waals surface area contributed by atoms with Gasteiger partial charge in [-0.3, -0.25) is 0 Å². The molecule has 0 heterocycles. The molecule has 1 rings (SSSR count). The molecule has 66 valence electrons. The molecule has 1 unspecified atom stereocenters. The number of hydrogen-bond acceptors (Lipinski definition) is 2. The number of esters is 1. The predicted octanol–water partition coefficient (Wildman–Crippen LogP) is 2.07. The van der Waals surface area contributed by atoms with Gasteiger partial charge in [-0.15, -0.1) is 0 Å². The summed E-state index contributed by atoms with van der Waals surface area (Å²) in [4.78, 5) is 11.3. The molecule has 0 aromatic rings. The van der Waals surface area contributed by atoms with Crippen LogP contribution in [0.2, 0.25) is 0 Å². The van der Waals surface area contributed by atoms with Crippen molar-refractivity contribution >= 4 is 5.97 Å². The van der Waals surface area contributed by atoms with Crippen molar-refractivity contribution in [2.75, 3.05) is 6.61 Å². The van der Waals surface area contributed by atoms with Gasteiger partial charge in [-0.05, 0) is 25.3 Å². The largest absolute Gasteiger partial charge is 0.462 e. The second kappa shape index (κ2) is 3.57. The molecule has 0 radical (unpaired) electrons. The molecule has 0 spiro atoms. The first-order valence-corrected chi connectivity index (χ1v) is 4.23. The van der Waals surface area contributed by atoms with Gasteiger partial charge in [0.2, 0.25) is 0 Å². The molecule has 0 saturated heterocycles. The van der Waals surface area contributed by atoms with Crippen molar-refractivity contribution in [3.63, 3.8) is 0 Å². The lowest BCUT2D eigenvalue weighted by Gasteiger charge is -2.02. The molecule has 0 aromatic heterocycles. The molecule has 0 saturated carbocycles. The SMILES string of the molecule is CCOC(=O)C1=CC(C)C=C1C. The summed E-state index contributed by atoms with van der Waals surface area (Å²) in [6.45, 7) is 6.25. The Kier molecular flexibility index (Phi) is 2.69. The molecule has 1 atom stereocenters. The fourth-order valence-electron chi connectivity index (χ4n) is 1.36. The highest BCUT2D eigenvalue weighted by Crippen LogP contribution is 2.23. The van der Waals surface area contributed by atoms with E-state index in [0.717, 1.165) is 11.1 Å². The van der Waals surface area contributed by atoms with Crippen LogP contribution in [0.25, 0.3) is 0 Å². The first kappa shape index (κ1) is 9.04. The lowest BCUT2D eigenvalue weighted by Crippen LogP contribution is -2.07. The number of allylic oxidation sites excluding steroid dienone is 2. The maximum absolute atomic E-state index is 11.3. The predicted molar refractivity (Wildman–Crippen MR) is 47.6 cm³/mol. The highest BCUT2D eigenvalue weighted by atomic mass is 16.5. The van der Waals surface area contributed by atoms with Crippen molar-refractivity contribution in [2.45, 2.75) is 20.8 Å². The quantitative estimate of drug-likeness (QED) is 0.587. The third kappa shape index (κ3) is 1.76. The molecule has 1 aliphatic rings. The van der Waals surface area contributed by atoms with E-state index in [1.165, 1.54) is 0 Å². The molecular weight excluding hydrogens is 152 g/mol. The molecule has 1 aliphatic carbocycles. The monoisotopic (exact) mass is 166 g/mol. The van der Waals surface area contributed by atoms with Crippen LogP contribution in [0.4, 0.5) is 0 Å². The minimum absolute atomic E-state index is 0.199. The van der Waals surface area contributed by atoms with Crippen LogP contribution in [-0.2, 0) is 9.53 Å². The average molecular weight is 166 g/mol. The van der Waals surface area contributed by atoms with E-state index < -0.39 is 0 Å². The molecule has 12 heavy (non-hydrogen) atoms. The Hall–Kier alpha value is -1.05. The Bertz CT molecular complexity index is 249. The minimum Gasteiger partial charge on any atom is -0.462 e. The number of carbonyl (C=O) groups is 1. The molecule has 0 fully saturated rings. The van der Waals surface area contributed by atoms with Gasteiger partial charge in [0.1, 0.15) is 0 Å². The summed E-state index contributed by atoms with van der Waals surface area (Å²) in [5.41, 5.74) is 1.75. The molecule has 0 N–H and O–H groups in total. The van der Waals surface area contributed by atoms with Crippen molar-refractivity contribution in [1.29, 1.82) is 0 Å². The van der Waals surface area contributed by atoms with E-state index in [9.17, 15) is 4.79 Å². The van der Waals surface area contributed by atoms with Gasteiger partial charge in [0, 0.05) is 0 Å². The number of carbonyl (C=O) groups excluding carboxylic acids is 1. The van der Waals surface area contributed by atoms with Gasteiger partial charge >= 0.3 is 5.97 Å². The van der Waals surface area contributed by atoms with Crippen molar-refractivity contribution < 1.29 is 9.53 Å². The van der Waals surface area contributed by atoms with E-state index in [1.54, 1.807) is 0 Å². The van der Waals surface area contributed by atoms with E-state index >= 15 is 0 Å². The zero-order chi connectivity index (χ0) is 9.14. The van der Waals surface area contributed by atoms with Crippen LogP contribution in [0.15, 0.2) is 23.3 Å². The van der Waals surface area contributed by atoms with Gasteiger partial charge in [0.15, 0.2) is 0 Å². The number of hydrogen-bond donors (Lipinski definition) is 0. The molecule has 2 nitrogen and oxygen atoms in total. The Morgan fingerprint density at radius 1 is 1.58 bits per heavy atom. The van der Waals surface area contributed by atoms with Crippen LogP contribution in [0.1, 0.15) is 20.8 Å². The molecular formula is C10H14O2. The molecule has 0 aromatic carbocycles. The Labute approximate surface area is 72.9 Å². The van der Waals surface area contributed by atoms with Gasteiger partial charge in [0.05, 0.1) is 12.2 Å². The van der Waals surface area contributed by atoms with Gasteiger partial charge < -0.3 is 4.74 Å². The number of ether oxygens (including phenoxy) is 1. The van der Waals surface area contributed by atoms with Crippen LogP contribution < -0.4 is 0 Å². The van der Waals surface area contributed by atoms with E-state index in [1.807, 2.05) is 19.9 Å². The maximum Gasteiger partial charge on any atom is 0.338 e. The standard InChI is InChI=1S/C10H14O2/c1-4-12-10(11)9-6-7(2)5-8(9)3/h5-7H,4H2,1-3H3. The maximum atomic E-state index is 11.3. The van der Waals surface area contributed by atoms with Crippen molar-refractivity contribution in [3.05, 3.63) is 23.3 Å². The zero-order valence-corrected chi connectivity index (χ0v) is 7.76. The first-order chi connectivity index (χ1) is 5.65. The fourth-order valence-corrected chi connectivity index (χ4v) is 1.36. The van der Waals surface area contributed by atoms with Gasteiger partial charge in [-0.2, -0.15) is 0 Å². The smallest absolute Gasteiger partial charge is 0.338 e. The summed E-state index contributed by atoms with van der Waals surface area (Å²) in [6, 6.07) is 0. The summed E-state index contributed by atoms with van der Waals surface area (Å²) in [7, 11) is 0. The second-order valence-corrected chi connectivity index (χ2v) is 3.01. The normalized spacial score (nSPS) is 21.8. The topological polar surface area (TPSA) is 26.3 Å². The van der Waals surface area contributed by atoms with Crippen LogP contribution in [0, 0.1) is 5.92 Å². The Morgan fingerprint density at radius 3 is 2.67 bits per heavy atom. The van der Waals surface area contributed by atoms with E-state index in [-0.39, 0.29) is 5.97 Å². The van der Waals surface area contributed by atoms with Crippen LogP contribution in [0.3, 0.4) is 0 Å². The first-order valence-electron chi connectivity index (χ1n) is 4.23. The van der Waals surface area contributed by atoms with Crippen molar-refractivity contribution in [1.82, 2.24) is 0 Å². The van der Waals surface area contributed by atoms with E-state index in [2.05, 4.69) is 13.0 Å². The van der Waals surface area contributed by atoms with Gasteiger partial charge in [0.25, 0.3) is 0 Å². The molecule has 2 heteroatoms. The van der Waals surface area contributed by atoms with Gasteiger partial charge in [-0.1, -0.05) is 19.1 Å². The molecule has 0 aliphatic heterocycles. The average Bonchev–Trinajstić information content (AvgIpc) is 2.30. The van der Waals surface area contributed by atoms with E-state index in [0.29, 0.717) is 12.5 Å². The number of rotatable bonds is 2. The summed E-state index contributed by atoms with van der Waals surface area (Å²) in [6.07, 6.45) is 4.00. The lowest BCUT2D eigenvalue weighted by molar-refractivity contribution is -0.138. The molecule has 0 bridgehead atoms. The summed E-state index contributed by atoms with van der Waals surface area (Å²) in [5.74, 6) is 0.167. The third-order valence-electron chi connectivity index (χ3n) is 1.86. The minimum atomic E-state index is -0.199. The summed E-state index contributed by atoms with van der Waals surface area (Å²) in [5, 5.41) is 0.